The van der Waals surface area contributed by atoms with Gasteiger partial charge < -0.3 is 14.5 Å². The second-order valence-corrected chi connectivity index (χ2v) is 4.47. The van der Waals surface area contributed by atoms with Crippen molar-refractivity contribution in [2.75, 3.05) is 19.0 Å². The number of nitrogens with zero attached hydrogens (tertiary/aromatic N) is 1. The molecule has 0 fully saturated rings. The number of nitrogens with one attached hydrogen (secondary N) is 1. The van der Waals surface area contributed by atoms with Gasteiger partial charge in [-0.2, -0.15) is 0 Å². The van der Waals surface area contributed by atoms with Gasteiger partial charge in [-0.15, -0.1) is 0 Å². The first-order valence-electron chi connectivity index (χ1n) is 6.56. The van der Waals surface area contributed by atoms with Crippen molar-refractivity contribution in [2.45, 2.75) is 6.42 Å². The molecule has 0 saturated heterocycles. The molecule has 0 unspecified atom stereocenters. The maximum atomic E-state index is 5.38. The molecule has 0 saturated carbocycles. The summed E-state index contributed by atoms with van der Waals surface area (Å²) in [6.45, 7) is 0.775. The Morgan fingerprint density at radius 2 is 2.10 bits per heavy atom. The predicted molar refractivity (Wildman–Crippen MR) is 79.2 cm³/mol. The second kappa shape index (κ2) is 5.65. The SMILES string of the molecule is COc1cccc2c(NCCc3ccco3)nccc12. The predicted octanol–water partition coefficient (Wildman–Crippen LogP) is 3.49. The van der Waals surface area contributed by atoms with Crippen molar-refractivity contribution in [3.63, 3.8) is 0 Å². The first kappa shape index (κ1) is 12.5. The number of rotatable bonds is 5. The average molecular weight is 268 g/mol. The van der Waals surface area contributed by atoms with Gasteiger partial charge in [0.05, 0.1) is 13.4 Å². The lowest BCUT2D eigenvalue weighted by atomic mass is 10.1. The number of furan rings is 1. The Balaban J connectivity index is 1.81. The topological polar surface area (TPSA) is 47.3 Å². The molecule has 0 radical (unpaired) electrons. The lowest BCUT2D eigenvalue weighted by Gasteiger charge is -2.10. The summed E-state index contributed by atoms with van der Waals surface area (Å²) >= 11 is 0. The fraction of sp³-hybridized carbons (Fsp3) is 0.188. The standard InChI is InChI=1S/C16H16N2O2/c1-19-15-6-2-5-14-13(15)8-10-18-16(14)17-9-7-12-4-3-11-20-12/h2-6,8,10-11H,7,9H2,1H3,(H,17,18). The highest BCUT2D eigenvalue weighted by Gasteiger charge is 2.06. The summed E-state index contributed by atoms with van der Waals surface area (Å²) in [4.78, 5) is 4.40. The summed E-state index contributed by atoms with van der Waals surface area (Å²) in [5.74, 6) is 2.70. The van der Waals surface area contributed by atoms with Gasteiger partial charge in [-0.25, -0.2) is 4.98 Å². The van der Waals surface area contributed by atoms with Gasteiger partial charge in [0.1, 0.15) is 17.3 Å². The molecule has 20 heavy (non-hydrogen) atoms. The molecule has 0 atom stereocenters. The van der Waals surface area contributed by atoms with Crippen molar-refractivity contribution in [1.29, 1.82) is 0 Å². The Morgan fingerprint density at radius 3 is 2.90 bits per heavy atom. The molecule has 0 aliphatic carbocycles. The summed E-state index contributed by atoms with van der Waals surface area (Å²) in [5.41, 5.74) is 0. The maximum absolute atomic E-state index is 5.38. The number of hydrogen-bond acceptors (Lipinski definition) is 4. The molecule has 1 N–H and O–H groups in total. The molecule has 1 aromatic carbocycles. The lowest BCUT2D eigenvalue weighted by molar-refractivity contribution is 0.420. The number of fused-ring (bicyclic) bond motifs is 1. The number of aromatic nitrogens is 1. The van der Waals surface area contributed by atoms with E-state index in [0.29, 0.717) is 0 Å². The van der Waals surface area contributed by atoms with Crippen LogP contribution in [0.15, 0.2) is 53.3 Å². The van der Waals surface area contributed by atoms with E-state index in [2.05, 4.69) is 10.3 Å². The number of benzene rings is 1. The van der Waals surface area contributed by atoms with Gasteiger partial charge in [0.2, 0.25) is 0 Å². The molecule has 0 spiro atoms. The van der Waals surface area contributed by atoms with Crippen LogP contribution >= 0.6 is 0 Å². The quantitative estimate of drug-likeness (QED) is 0.769. The Labute approximate surface area is 117 Å². The molecule has 102 valence electrons. The van der Waals surface area contributed by atoms with Gasteiger partial charge in [0.25, 0.3) is 0 Å². The van der Waals surface area contributed by atoms with Gasteiger partial charge in [-0.3, -0.25) is 0 Å². The Kier molecular flexibility index (Phi) is 3.54. The first-order valence-corrected chi connectivity index (χ1v) is 6.56. The van der Waals surface area contributed by atoms with Gasteiger partial charge in [-0.1, -0.05) is 12.1 Å². The Morgan fingerprint density at radius 1 is 1.15 bits per heavy atom. The highest BCUT2D eigenvalue weighted by atomic mass is 16.5. The smallest absolute Gasteiger partial charge is 0.133 e. The van der Waals surface area contributed by atoms with E-state index >= 15 is 0 Å². The van der Waals surface area contributed by atoms with Crippen molar-refractivity contribution in [1.82, 2.24) is 4.98 Å². The third-order valence-electron chi connectivity index (χ3n) is 3.23. The van der Waals surface area contributed by atoms with Gasteiger partial charge in [0.15, 0.2) is 0 Å². The number of pyridine rings is 1. The first-order chi connectivity index (χ1) is 9.88. The van der Waals surface area contributed by atoms with Crippen LogP contribution in [-0.4, -0.2) is 18.6 Å². The van der Waals surface area contributed by atoms with Gasteiger partial charge in [-0.05, 0) is 24.3 Å². The Hall–Kier alpha value is -2.49. The Bertz CT molecular complexity index is 693. The zero-order valence-corrected chi connectivity index (χ0v) is 11.3. The number of hydrogen-bond donors (Lipinski definition) is 1. The van der Waals surface area contributed by atoms with Crippen LogP contribution in [0.5, 0.6) is 5.75 Å². The van der Waals surface area contributed by atoms with Crippen molar-refractivity contribution >= 4 is 16.6 Å². The van der Waals surface area contributed by atoms with Crippen molar-refractivity contribution in [2.24, 2.45) is 0 Å². The summed E-state index contributed by atoms with van der Waals surface area (Å²) in [6.07, 6.45) is 4.31. The normalized spacial score (nSPS) is 10.7. The molecule has 0 aliphatic rings. The monoisotopic (exact) mass is 268 g/mol. The fourth-order valence-corrected chi connectivity index (χ4v) is 2.26. The number of methoxy groups -OCH3 is 1. The molecule has 0 amide bonds. The summed E-state index contributed by atoms with van der Waals surface area (Å²) in [6, 6.07) is 11.8. The highest BCUT2D eigenvalue weighted by molar-refractivity contribution is 5.95. The molecular formula is C16H16N2O2. The molecule has 2 aromatic heterocycles. The maximum Gasteiger partial charge on any atom is 0.133 e. The molecule has 0 bridgehead atoms. The van der Waals surface area contributed by atoms with Crippen LogP contribution in [0.3, 0.4) is 0 Å². The van der Waals surface area contributed by atoms with Crippen molar-refractivity contribution in [3.8, 4) is 5.75 Å². The van der Waals surface area contributed by atoms with E-state index in [9.17, 15) is 0 Å². The summed E-state index contributed by atoms with van der Waals surface area (Å²) in [5, 5.41) is 5.47. The molecule has 2 heterocycles. The molecule has 3 aromatic rings. The van der Waals surface area contributed by atoms with E-state index in [-0.39, 0.29) is 0 Å². The van der Waals surface area contributed by atoms with E-state index in [1.54, 1.807) is 19.6 Å². The van der Waals surface area contributed by atoms with Gasteiger partial charge >= 0.3 is 0 Å². The molecule has 4 heteroatoms. The van der Waals surface area contributed by atoms with Crippen LogP contribution in [0.1, 0.15) is 5.76 Å². The molecular weight excluding hydrogens is 252 g/mol. The van der Waals surface area contributed by atoms with Crippen molar-refractivity contribution in [3.05, 3.63) is 54.6 Å². The summed E-state index contributed by atoms with van der Waals surface area (Å²) < 4.78 is 10.7. The highest BCUT2D eigenvalue weighted by Crippen LogP contribution is 2.28. The average Bonchev–Trinajstić information content (AvgIpc) is 3.00. The van der Waals surface area contributed by atoms with E-state index in [1.807, 2.05) is 36.4 Å². The summed E-state index contributed by atoms with van der Waals surface area (Å²) in [7, 11) is 1.68. The third-order valence-corrected chi connectivity index (χ3v) is 3.23. The third kappa shape index (κ3) is 2.45. The van der Waals surface area contributed by atoms with Crippen LogP contribution in [0.4, 0.5) is 5.82 Å². The van der Waals surface area contributed by atoms with Crippen LogP contribution in [0.25, 0.3) is 10.8 Å². The number of ether oxygens (including phenoxy) is 1. The lowest BCUT2D eigenvalue weighted by Crippen LogP contribution is -2.06. The minimum atomic E-state index is 0.775. The van der Waals surface area contributed by atoms with E-state index in [0.717, 1.165) is 41.1 Å². The molecule has 3 rings (SSSR count). The minimum absolute atomic E-state index is 0.775. The fourth-order valence-electron chi connectivity index (χ4n) is 2.26. The van der Waals surface area contributed by atoms with Crippen LogP contribution < -0.4 is 10.1 Å². The molecule has 0 aliphatic heterocycles. The van der Waals surface area contributed by atoms with Crippen molar-refractivity contribution < 1.29 is 9.15 Å². The van der Waals surface area contributed by atoms with E-state index in [1.165, 1.54) is 0 Å². The van der Waals surface area contributed by atoms with Crippen LogP contribution in [0, 0.1) is 0 Å². The van der Waals surface area contributed by atoms with Gasteiger partial charge in [0, 0.05) is 29.9 Å². The zero-order valence-electron chi connectivity index (χ0n) is 11.3. The number of anilines is 1. The second-order valence-electron chi connectivity index (χ2n) is 4.47. The van der Waals surface area contributed by atoms with Crippen LogP contribution in [-0.2, 0) is 6.42 Å². The van der Waals surface area contributed by atoms with Crippen LogP contribution in [0.2, 0.25) is 0 Å². The van der Waals surface area contributed by atoms with E-state index in [4.69, 9.17) is 9.15 Å². The zero-order chi connectivity index (χ0) is 13.8. The minimum Gasteiger partial charge on any atom is -0.496 e. The largest absolute Gasteiger partial charge is 0.496 e. The van der Waals surface area contributed by atoms with E-state index < -0.39 is 0 Å². The molecule has 4 nitrogen and oxygen atoms in total.